The molecule has 0 unspecified atom stereocenters. The molecule has 0 aromatic heterocycles. The van der Waals surface area contributed by atoms with Crippen LogP contribution in [0.3, 0.4) is 0 Å². The molecular formula is C13H19NO6S. The molecule has 0 saturated carbocycles. The van der Waals surface area contributed by atoms with Crippen LogP contribution in [-0.2, 0) is 14.8 Å². The predicted molar refractivity (Wildman–Crippen MR) is 76.2 cm³/mol. The van der Waals surface area contributed by atoms with Gasteiger partial charge in [-0.2, -0.15) is 0 Å². The van der Waals surface area contributed by atoms with E-state index in [9.17, 15) is 13.2 Å². The zero-order valence-corrected chi connectivity index (χ0v) is 13.2. The summed E-state index contributed by atoms with van der Waals surface area (Å²) < 4.78 is 37.2. The van der Waals surface area contributed by atoms with E-state index < -0.39 is 21.5 Å². The first-order valence-corrected chi connectivity index (χ1v) is 7.55. The van der Waals surface area contributed by atoms with E-state index in [-0.39, 0.29) is 22.8 Å². The molecule has 0 spiro atoms. The van der Waals surface area contributed by atoms with E-state index >= 15 is 0 Å². The maximum absolute atomic E-state index is 12.4. The highest BCUT2D eigenvalue weighted by Crippen LogP contribution is 2.26. The standard InChI is InChI=1S/C13H19NO6S/c1-13(2,8-19-3)14-21(17,18)11-6-5-9(12(15)16)7-10(11)20-4/h5-7,14H,8H2,1-4H3,(H,15,16). The summed E-state index contributed by atoms with van der Waals surface area (Å²) in [7, 11) is -1.12. The fraction of sp³-hybridized carbons (Fsp3) is 0.462. The molecule has 0 heterocycles. The molecule has 21 heavy (non-hydrogen) atoms. The number of aromatic carboxylic acids is 1. The molecule has 8 heteroatoms. The van der Waals surface area contributed by atoms with Gasteiger partial charge < -0.3 is 14.6 Å². The van der Waals surface area contributed by atoms with Crippen molar-refractivity contribution < 1.29 is 27.8 Å². The van der Waals surface area contributed by atoms with Gasteiger partial charge in [0.1, 0.15) is 10.6 Å². The second kappa shape index (κ2) is 6.42. The Morgan fingerprint density at radius 3 is 2.43 bits per heavy atom. The molecule has 7 nitrogen and oxygen atoms in total. The van der Waals surface area contributed by atoms with Crippen molar-refractivity contribution in [2.75, 3.05) is 20.8 Å². The summed E-state index contributed by atoms with van der Waals surface area (Å²) in [5, 5.41) is 8.92. The van der Waals surface area contributed by atoms with Crippen molar-refractivity contribution in [2.45, 2.75) is 24.3 Å². The Labute approximate surface area is 123 Å². The monoisotopic (exact) mass is 317 g/mol. The van der Waals surface area contributed by atoms with Crippen molar-refractivity contribution in [1.82, 2.24) is 4.72 Å². The Balaban J connectivity index is 3.22. The van der Waals surface area contributed by atoms with Crippen LogP contribution in [0.25, 0.3) is 0 Å². The fourth-order valence-corrected chi connectivity index (χ4v) is 3.38. The van der Waals surface area contributed by atoms with Crippen LogP contribution in [0.1, 0.15) is 24.2 Å². The van der Waals surface area contributed by atoms with E-state index in [1.807, 2.05) is 0 Å². The molecule has 0 aliphatic heterocycles. The Morgan fingerprint density at radius 2 is 1.95 bits per heavy atom. The number of benzene rings is 1. The van der Waals surface area contributed by atoms with Crippen LogP contribution in [0.15, 0.2) is 23.1 Å². The van der Waals surface area contributed by atoms with Crippen molar-refractivity contribution in [3.63, 3.8) is 0 Å². The predicted octanol–water partition coefficient (Wildman–Crippen LogP) is 1.10. The van der Waals surface area contributed by atoms with Crippen LogP contribution in [0.5, 0.6) is 5.75 Å². The lowest BCUT2D eigenvalue weighted by molar-refractivity contribution is 0.0696. The number of rotatable bonds is 7. The third-order valence-corrected chi connectivity index (χ3v) is 4.35. The molecule has 1 aromatic carbocycles. The van der Waals surface area contributed by atoms with Gasteiger partial charge in [0, 0.05) is 7.11 Å². The van der Waals surface area contributed by atoms with Crippen molar-refractivity contribution in [3.05, 3.63) is 23.8 Å². The summed E-state index contributed by atoms with van der Waals surface area (Å²) in [6.45, 7) is 3.53. The average Bonchev–Trinajstić information content (AvgIpc) is 2.36. The summed E-state index contributed by atoms with van der Waals surface area (Å²) in [5.41, 5.74) is -0.869. The van der Waals surface area contributed by atoms with Gasteiger partial charge in [0.05, 0.1) is 24.8 Å². The quantitative estimate of drug-likeness (QED) is 0.780. The molecule has 0 aliphatic rings. The van der Waals surface area contributed by atoms with Gasteiger partial charge in [-0.3, -0.25) is 0 Å². The number of carboxylic acid groups (broad SMARTS) is 1. The summed E-state index contributed by atoms with van der Waals surface area (Å²) in [4.78, 5) is 10.8. The number of ether oxygens (including phenoxy) is 2. The lowest BCUT2D eigenvalue weighted by Gasteiger charge is -2.25. The number of hydrogen-bond donors (Lipinski definition) is 2. The lowest BCUT2D eigenvalue weighted by atomic mass is 10.1. The van der Waals surface area contributed by atoms with Gasteiger partial charge in [0.15, 0.2) is 0 Å². The van der Waals surface area contributed by atoms with Crippen molar-refractivity contribution in [3.8, 4) is 5.75 Å². The van der Waals surface area contributed by atoms with Crippen LogP contribution in [-0.4, -0.2) is 45.9 Å². The summed E-state index contributed by atoms with van der Waals surface area (Å²) >= 11 is 0. The van der Waals surface area contributed by atoms with Gasteiger partial charge >= 0.3 is 5.97 Å². The topological polar surface area (TPSA) is 102 Å². The Kier molecular flexibility index (Phi) is 5.32. The molecule has 0 amide bonds. The van der Waals surface area contributed by atoms with Crippen molar-refractivity contribution in [1.29, 1.82) is 0 Å². The van der Waals surface area contributed by atoms with Gasteiger partial charge in [0.2, 0.25) is 10.0 Å². The minimum absolute atomic E-state index is 0.0318. The highest BCUT2D eigenvalue weighted by Gasteiger charge is 2.28. The smallest absolute Gasteiger partial charge is 0.335 e. The van der Waals surface area contributed by atoms with Gasteiger partial charge in [0.25, 0.3) is 0 Å². The van der Waals surface area contributed by atoms with E-state index in [0.29, 0.717) is 0 Å². The molecule has 0 atom stereocenters. The largest absolute Gasteiger partial charge is 0.495 e. The highest BCUT2D eigenvalue weighted by atomic mass is 32.2. The van der Waals surface area contributed by atoms with Crippen LogP contribution in [0, 0.1) is 0 Å². The summed E-state index contributed by atoms with van der Waals surface area (Å²) in [6.07, 6.45) is 0. The molecule has 118 valence electrons. The minimum atomic E-state index is -3.87. The van der Waals surface area contributed by atoms with Crippen molar-refractivity contribution >= 4 is 16.0 Å². The Morgan fingerprint density at radius 1 is 1.33 bits per heavy atom. The second-order valence-corrected chi connectivity index (χ2v) is 6.74. The zero-order chi connectivity index (χ0) is 16.3. The van der Waals surface area contributed by atoms with Crippen LogP contribution in [0.4, 0.5) is 0 Å². The lowest BCUT2D eigenvalue weighted by Crippen LogP contribution is -2.46. The second-order valence-electron chi connectivity index (χ2n) is 5.09. The molecule has 0 radical (unpaired) electrons. The van der Waals surface area contributed by atoms with Gasteiger partial charge in [-0.25, -0.2) is 17.9 Å². The fourth-order valence-electron chi connectivity index (χ4n) is 1.83. The van der Waals surface area contributed by atoms with E-state index in [1.54, 1.807) is 13.8 Å². The molecule has 1 aromatic rings. The average molecular weight is 317 g/mol. The maximum atomic E-state index is 12.4. The third-order valence-electron chi connectivity index (χ3n) is 2.62. The first-order valence-electron chi connectivity index (χ1n) is 6.07. The van der Waals surface area contributed by atoms with Gasteiger partial charge in [-0.15, -0.1) is 0 Å². The molecule has 0 saturated heterocycles. The molecular weight excluding hydrogens is 298 g/mol. The summed E-state index contributed by atoms with van der Waals surface area (Å²) in [6, 6.07) is 3.58. The van der Waals surface area contributed by atoms with Crippen LogP contribution >= 0.6 is 0 Å². The van der Waals surface area contributed by atoms with Gasteiger partial charge in [-0.1, -0.05) is 0 Å². The number of carboxylic acids is 1. The first-order chi connectivity index (χ1) is 9.63. The third kappa shape index (κ3) is 4.42. The van der Waals surface area contributed by atoms with E-state index in [2.05, 4.69) is 4.72 Å². The zero-order valence-electron chi connectivity index (χ0n) is 12.3. The van der Waals surface area contributed by atoms with Gasteiger partial charge in [-0.05, 0) is 32.0 Å². The number of nitrogens with one attached hydrogen (secondary N) is 1. The van der Waals surface area contributed by atoms with E-state index in [1.165, 1.54) is 32.4 Å². The normalized spacial score (nSPS) is 12.2. The van der Waals surface area contributed by atoms with Crippen LogP contribution in [0.2, 0.25) is 0 Å². The number of methoxy groups -OCH3 is 2. The Hall–Kier alpha value is -1.64. The number of carbonyl (C=O) groups is 1. The van der Waals surface area contributed by atoms with Crippen molar-refractivity contribution in [2.24, 2.45) is 0 Å². The van der Waals surface area contributed by atoms with E-state index in [0.717, 1.165) is 0 Å². The minimum Gasteiger partial charge on any atom is -0.495 e. The molecule has 0 fully saturated rings. The molecule has 2 N–H and O–H groups in total. The van der Waals surface area contributed by atoms with Crippen LogP contribution < -0.4 is 9.46 Å². The molecule has 0 bridgehead atoms. The summed E-state index contributed by atoms with van der Waals surface area (Å²) in [5.74, 6) is -1.19. The highest BCUT2D eigenvalue weighted by molar-refractivity contribution is 7.89. The molecule has 1 rings (SSSR count). The van der Waals surface area contributed by atoms with E-state index in [4.69, 9.17) is 14.6 Å². The maximum Gasteiger partial charge on any atom is 0.335 e. The first kappa shape index (κ1) is 17.4. The number of hydrogen-bond acceptors (Lipinski definition) is 5. The Bertz CT molecular complexity index is 624. The number of sulfonamides is 1. The SMILES string of the molecule is COCC(C)(C)NS(=O)(=O)c1ccc(C(=O)O)cc1OC. The molecule has 0 aliphatic carbocycles.